The van der Waals surface area contributed by atoms with E-state index in [9.17, 15) is 15.0 Å². The number of benzene rings is 2. The molecule has 0 radical (unpaired) electrons. The molecule has 1 aliphatic carbocycles. The fourth-order valence-corrected chi connectivity index (χ4v) is 6.19. The first-order valence-corrected chi connectivity index (χ1v) is 15.5. The number of carbonyl (C=O) groups excluding carboxylic acids is 1. The SMILES string of the molecule is CN=C(N)Nc1cc(C[C@H](C=CC(=O)C2(Cc3ccc(O)c(OC)c3)CCCC2)[C@H](C)CCCC(C)C)cc(OC)c1O. The molecule has 0 unspecified atom stereocenters. The highest BCUT2D eigenvalue weighted by molar-refractivity contribution is 5.95. The summed E-state index contributed by atoms with van der Waals surface area (Å²) in [5, 5.41) is 23.7. The second-order valence-electron chi connectivity index (χ2n) is 12.5. The number of nitrogens with one attached hydrogen (secondary N) is 1. The number of hydrogen-bond donors (Lipinski definition) is 4. The summed E-state index contributed by atoms with van der Waals surface area (Å²) in [7, 11) is 4.64. The molecular formula is C35H51N3O5. The van der Waals surface area contributed by atoms with Crippen molar-refractivity contribution >= 4 is 17.4 Å². The molecule has 0 aliphatic heterocycles. The van der Waals surface area contributed by atoms with E-state index in [-0.39, 0.29) is 29.2 Å². The van der Waals surface area contributed by atoms with Gasteiger partial charge in [0.1, 0.15) is 0 Å². The number of aromatic hydroxyl groups is 2. The number of allylic oxidation sites excluding steroid dienone is 2. The third kappa shape index (κ3) is 9.15. The lowest BCUT2D eigenvalue weighted by Crippen LogP contribution is -2.29. The van der Waals surface area contributed by atoms with Crippen LogP contribution in [0.15, 0.2) is 47.5 Å². The lowest BCUT2D eigenvalue weighted by atomic mass is 9.75. The molecule has 0 heterocycles. The van der Waals surface area contributed by atoms with Crippen LogP contribution in [0, 0.1) is 23.2 Å². The Morgan fingerprint density at radius 2 is 1.72 bits per heavy atom. The van der Waals surface area contributed by atoms with Crippen molar-refractivity contribution in [3.8, 4) is 23.0 Å². The predicted molar refractivity (Wildman–Crippen MR) is 174 cm³/mol. The zero-order valence-corrected chi connectivity index (χ0v) is 26.8. The van der Waals surface area contributed by atoms with Crippen LogP contribution in [-0.4, -0.2) is 43.2 Å². The van der Waals surface area contributed by atoms with Gasteiger partial charge in [0.05, 0.1) is 19.9 Å². The molecule has 2 atom stereocenters. The number of carbonyl (C=O) groups is 1. The first-order chi connectivity index (χ1) is 20.5. The predicted octanol–water partition coefficient (Wildman–Crippen LogP) is 7.02. The molecular weight excluding hydrogens is 542 g/mol. The van der Waals surface area contributed by atoms with Gasteiger partial charge in [-0.05, 0) is 84.9 Å². The van der Waals surface area contributed by atoms with E-state index in [1.165, 1.54) is 14.2 Å². The van der Waals surface area contributed by atoms with E-state index in [0.717, 1.165) is 56.1 Å². The van der Waals surface area contributed by atoms with Gasteiger partial charge in [-0.2, -0.15) is 0 Å². The summed E-state index contributed by atoms with van der Waals surface area (Å²) in [6.07, 6.45) is 12.3. The van der Waals surface area contributed by atoms with Crippen LogP contribution in [0.2, 0.25) is 0 Å². The molecule has 0 saturated heterocycles. The van der Waals surface area contributed by atoms with Gasteiger partial charge < -0.3 is 30.7 Å². The molecule has 1 fully saturated rings. The number of methoxy groups -OCH3 is 2. The van der Waals surface area contributed by atoms with Crippen LogP contribution in [0.1, 0.15) is 76.8 Å². The maximum absolute atomic E-state index is 14.0. The summed E-state index contributed by atoms with van der Waals surface area (Å²) in [5.41, 5.74) is 7.82. The van der Waals surface area contributed by atoms with Crippen molar-refractivity contribution in [1.29, 1.82) is 0 Å². The molecule has 3 rings (SSSR count). The number of nitrogens with zero attached hydrogens (tertiary/aromatic N) is 1. The minimum absolute atomic E-state index is 0.0286. The third-order valence-corrected chi connectivity index (χ3v) is 8.87. The Hall–Kier alpha value is -3.68. The van der Waals surface area contributed by atoms with Gasteiger partial charge >= 0.3 is 0 Å². The summed E-state index contributed by atoms with van der Waals surface area (Å²) >= 11 is 0. The van der Waals surface area contributed by atoms with Crippen LogP contribution < -0.4 is 20.5 Å². The molecule has 2 aromatic rings. The van der Waals surface area contributed by atoms with Crippen molar-refractivity contribution in [2.24, 2.45) is 33.9 Å². The van der Waals surface area contributed by atoms with Crippen LogP contribution in [0.3, 0.4) is 0 Å². The Kier molecular flexibility index (Phi) is 12.3. The summed E-state index contributed by atoms with van der Waals surface area (Å²) in [5.74, 6) is 2.27. The molecule has 8 nitrogen and oxygen atoms in total. The highest BCUT2D eigenvalue weighted by atomic mass is 16.5. The van der Waals surface area contributed by atoms with Gasteiger partial charge in [0.2, 0.25) is 0 Å². The molecule has 2 aromatic carbocycles. The Balaban J connectivity index is 1.90. The maximum Gasteiger partial charge on any atom is 0.192 e. The summed E-state index contributed by atoms with van der Waals surface area (Å²) < 4.78 is 10.8. The largest absolute Gasteiger partial charge is 0.504 e. The quantitative estimate of drug-likeness (QED) is 0.0756. The number of phenols is 2. The van der Waals surface area contributed by atoms with E-state index in [2.05, 4.69) is 37.2 Å². The number of anilines is 1. The second kappa shape index (κ2) is 15.7. The third-order valence-electron chi connectivity index (χ3n) is 8.87. The number of hydrogen-bond acceptors (Lipinski definition) is 6. The van der Waals surface area contributed by atoms with Crippen molar-refractivity contribution < 1.29 is 24.5 Å². The van der Waals surface area contributed by atoms with Gasteiger partial charge in [-0.25, -0.2) is 0 Å². The molecule has 1 saturated carbocycles. The van der Waals surface area contributed by atoms with E-state index >= 15 is 0 Å². The average Bonchev–Trinajstić information content (AvgIpc) is 3.46. The first-order valence-electron chi connectivity index (χ1n) is 15.5. The van der Waals surface area contributed by atoms with Crippen LogP contribution >= 0.6 is 0 Å². The maximum atomic E-state index is 14.0. The van der Waals surface area contributed by atoms with Crippen LogP contribution in [0.4, 0.5) is 5.69 Å². The summed E-state index contributed by atoms with van der Waals surface area (Å²) in [6, 6.07) is 9.08. The van der Waals surface area contributed by atoms with E-state index < -0.39 is 5.41 Å². The van der Waals surface area contributed by atoms with E-state index in [1.807, 2.05) is 30.3 Å². The van der Waals surface area contributed by atoms with Crippen molar-refractivity contribution in [3.63, 3.8) is 0 Å². The Morgan fingerprint density at radius 1 is 1.05 bits per heavy atom. The minimum atomic E-state index is -0.459. The molecule has 43 heavy (non-hydrogen) atoms. The summed E-state index contributed by atoms with van der Waals surface area (Å²) in [4.78, 5) is 17.9. The van der Waals surface area contributed by atoms with Gasteiger partial charge in [-0.3, -0.25) is 9.79 Å². The summed E-state index contributed by atoms with van der Waals surface area (Å²) in [6.45, 7) is 6.74. The number of ether oxygens (including phenoxy) is 2. The molecule has 0 aromatic heterocycles. The number of phenolic OH excluding ortho intramolecular Hbond substituents is 2. The molecule has 5 N–H and O–H groups in total. The van der Waals surface area contributed by atoms with Crippen LogP contribution in [0.25, 0.3) is 0 Å². The Morgan fingerprint density at radius 3 is 2.35 bits per heavy atom. The van der Waals surface area contributed by atoms with E-state index in [0.29, 0.717) is 41.9 Å². The smallest absolute Gasteiger partial charge is 0.192 e. The highest BCUT2D eigenvalue weighted by Crippen LogP contribution is 2.43. The Labute approximate surface area is 257 Å². The van der Waals surface area contributed by atoms with Crippen molar-refractivity contribution in [2.45, 2.75) is 78.6 Å². The molecule has 0 bridgehead atoms. The van der Waals surface area contributed by atoms with Crippen LogP contribution in [0.5, 0.6) is 23.0 Å². The van der Waals surface area contributed by atoms with Crippen LogP contribution in [-0.2, 0) is 17.6 Å². The molecule has 0 spiro atoms. The number of nitrogens with two attached hydrogens (primary N) is 1. The van der Waals surface area contributed by atoms with Gasteiger partial charge in [0, 0.05) is 12.5 Å². The number of rotatable bonds is 15. The number of ketones is 1. The first kappa shape index (κ1) is 33.8. The van der Waals surface area contributed by atoms with Gasteiger partial charge in [-0.1, -0.05) is 65.0 Å². The van der Waals surface area contributed by atoms with Gasteiger partial charge in [0.15, 0.2) is 34.7 Å². The monoisotopic (exact) mass is 593 g/mol. The van der Waals surface area contributed by atoms with Crippen molar-refractivity contribution in [2.75, 3.05) is 26.6 Å². The number of aliphatic imine (C=N–C) groups is 1. The molecule has 8 heteroatoms. The molecule has 0 amide bonds. The standard InChI is InChI=1S/C35H51N3O5/c1-23(2)10-9-11-24(3)27(18-26-19-28(38-34(36)37-4)33(41)31(21-26)43-6)13-15-32(40)35(16-7-8-17-35)22-25-12-14-29(39)30(20-25)42-5/h12-15,19-21,23-24,27,39,41H,7-11,16-18,22H2,1-6H3,(H3,36,37,38)/t24-,27+/m1/s1. The lowest BCUT2D eigenvalue weighted by molar-refractivity contribution is -0.123. The van der Waals surface area contributed by atoms with E-state index in [1.54, 1.807) is 13.1 Å². The zero-order chi connectivity index (χ0) is 31.6. The van der Waals surface area contributed by atoms with Gasteiger partial charge in [-0.15, -0.1) is 0 Å². The number of guanidine groups is 1. The zero-order valence-electron chi connectivity index (χ0n) is 26.8. The van der Waals surface area contributed by atoms with Crippen molar-refractivity contribution in [3.05, 3.63) is 53.6 Å². The molecule has 1 aliphatic rings. The fraction of sp³-hybridized carbons (Fsp3) is 0.543. The lowest BCUT2D eigenvalue weighted by Gasteiger charge is -2.27. The van der Waals surface area contributed by atoms with Crippen molar-refractivity contribution in [1.82, 2.24) is 0 Å². The van der Waals surface area contributed by atoms with E-state index in [4.69, 9.17) is 15.2 Å². The minimum Gasteiger partial charge on any atom is -0.504 e. The fourth-order valence-electron chi connectivity index (χ4n) is 6.19. The average molecular weight is 594 g/mol. The highest BCUT2D eigenvalue weighted by Gasteiger charge is 2.39. The second-order valence-corrected chi connectivity index (χ2v) is 12.5. The van der Waals surface area contributed by atoms with Gasteiger partial charge in [0.25, 0.3) is 0 Å². The normalized spacial score (nSPS) is 16.4. The molecule has 236 valence electrons. The topological polar surface area (TPSA) is 126 Å². The Bertz CT molecular complexity index is 1280.